The van der Waals surface area contributed by atoms with Crippen LogP contribution >= 0.6 is 0 Å². The molecule has 1 aliphatic heterocycles. The summed E-state index contributed by atoms with van der Waals surface area (Å²) in [6, 6.07) is 7.51. The first-order chi connectivity index (χ1) is 17.4. The van der Waals surface area contributed by atoms with Gasteiger partial charge in [-0.15, -0.1) is 0 Å². The van der Waals surface area contributed by atoms with E-state index in [0.717, 1.165) is 30.7 Å². The summed E-state index contributed by atoms with van der Waals surface area (Å²) < 4.78 is 63.9. The van der Waals surface area contributed by atoms with Crippen LogP contribution in [0, 0.1) is 30.4 Å². The Hall–Kier alpha value is -3.55. The summed E-state index contributed by atoms with van der Waals surface area (Å²) >= 11 is 0. The number of nitrogens with zero attached hydrogens (tertiary/aromatic N) is 2. The van der Waals surface area contributed by atoms with E-state index in [2.05, 4.69) is 11.7 Å². The standard InChI is InChI=1S/C29H33F4N3O/c1-6-18(2)28(34)35-36-15-13-22(17-21(36)5)25-12-7-19(3)27(26(25)31)37-16-14-20(4)29(32,33)23-8-10-24(30)11-9-23/h7-13,15,17-18,20H,5-6,14,16H2,1-4H3,(H2,34,35). The average molecular weight is 516 g/mol. The Bertz CT molecular complexity index is 1220. The van der Waals surface area contributed by atoms with Crippen molar-refractivity contribution in [2.75, 3.05) is 6.61 Å². The molecular formula is C29H33F4N3O. The Labute approximate surface area is 215 Å². The number of halogens is 4. The van der Waals surface area contributed by atoms with Gasteiger partial charge >= 0.3 is 0 Å². The molecule has 2 unspecified atom stereocenters. The normalized spacial score (nSPS) is 16.0. The van der Waals surface area contributed by atoms with Crippen LogP contribution in [0.4, 0.5) is 17.6 Å². The highest BCUT2D eigenvalue weighted by Gasteiger charge is 2.38. The Morgan fingerprint density at radius 2 is 1.81 bits per heavy atom. The van der Waals surface area contributed by atoms with Gasteiger partial charge in [-0.05, 0) is 55.2 Å². The highest BCUT2D eigenvalue weighted by molar-refractivity contribution is 5.83. The van der Waals surface area contributed by atoms with Crippen molar-refractivity contribution >= 4 is 11.4 Å². The number of hydrazone groups is 1. The van der Waals surface area contributed by atoms with Crippen molar-refractivity contribution in [1.29, 1.82) is 0 Å². The SMILES string of the molecule is C=C1C=C(c2ccc(C)c(OCCC(C)C(F)(F)c3ccc(F)cc3)c2F)C=CN1/N=C(/N)C(C)CC. The second-order valence-corrected chi connectivity index (χ2v) is 9.33. The minimum atomic E-state index is -3.18. The number of aryl methyl sites for hydroxylation is 1. The second-order valence-electron chi connectivity index (χ2n) is 9.33. The summed E-state index contributed by atoms with van der Waals surface area (Å²) in [6.07, 6.45) is 5.87. The smallest absolute Gasteiger partial charge is 0.275 e. The lowest BCUT2D eigenvalue weighted by molar-refractivity contribution is -0.0645. The number of ether oxygens (including phenoxy) is 1. The van der Waals surface area contributed by atoms with Gasteiger partial charge in [-0.3, -0.25) is 0 Å². The Morgan fingerprint density at radius 1 is 1.14 bits per heavy atom. The van der Waals surface area contributed by atoms with Crippen molar-refractivity contribution in [3.63, 3.8) is 0 Å². The van der Waals surface area contributed by atoms with Crippen LogP contribution in [0.25, 0.3) is 5.57 Å². The molecule has 0 saturated carbocycles. The molecule has 37 heavy (non-hydrogen) atoms. The average Bonchev–Trinajstić information content (AvgIpc) is 2.86. The van der Waals surface area contributed by atoms with Crippen LogP contribution in [-0.2, 0) is 5.92 Å². The number of hydrogen-bond acceptors (Lipinski definition) is 3. The molecule has 0 aliphatic carbocycles. The molecule has 0 fully saturated rings. The molecule has 4 nitrogen and oxygen atoms in total. The predicted octanol–water partition coefficient (Wildman–Crippen LogP) is 7.51. The molecule has 0 amide bonds. The van der Waals surface area contributed by atoms with Crippen LogP contribution in [0.15, 0.2) is 72.1 Å². The van der Waals surface area contributed by atoms with Gasteiger partial charge in [-0.1, -0.05) is 51.6 Å². The molecule has 198 valence electrons. The highest BCUT2D eigenvalue weighted by atomic mass is 19.3. The third-order valence-electron chi connectivity index (χ3n) is 6.60. The lowest BCUT2D eigenvalue weighted by Gasteiger charge is -2.24. The fourth-order valence-electron chi connectivity index (χ4n) is 3.77. The quantitative estimate of drug-likeness (QED) is 0.202. The van der Waals surface area contributed by atoms with Crippen LogP contribution in [0.2, 0.25) is 0 Å². The summed E-state index contributed by atoms with van der Waals surface area (Å²) in [5.41, 5.74) is 7.69. The Balaban J connectivity index is 1.72. The zero-order valence-electron chi connectivity index (χ0n) is 21.6. The third-order valence-corrected chi connectivity index (χ3v) is 6.60. The molecule has 0 radical (unpaired) electrons. The summed E-state index contributed by atoms with van der Waals surface area (Å²) in [5.74, 6) is -4.86. The minimum Gasteiger partial charge on any atom is -0.490 e. The maximum absolute atomic E-state index is 15.5. The van der Waals surface area contributed by atoms with E-state index in [1.54, 1.807) is 37.4 Å². The van der Waals surface area contributed by atoms with E-state index in [1.165, 1.54) is 11.9 Å². The van der Waals surface area contributed by atoms with Crippen molar-refractivity contribution < 1.29 is 22.3 Å². The molecule has 0 saturated heterocycles. The molecular weight excluding hydrogens is 482 g/mol. The molecule has 3 rings (SSSR count). The van der Waals surface area contributed by atoms with Crippen molar-refractivity contribution in [2.45, 2.75) is 46.5 Å². The van der Waals surface area contributed by atoms with Gasteiger partial charge in [-0.25, -0.2) is 22.6 Å². The summed E-state index contributed by atoms with van der Waals surface area (Å²) in [5, 5.41) is 5.91. The number of hydrogen-bond donors (Lipinski definition) is 1. The largest absolute Gasteiger partial charge is 0.490 e. The number of benzene rings is 2. The Kier molecular flexibility index (Phi) is 8.84. The summed E-state index contributed by atoms with van der Waals surface area (Å²) in [6.45, 7) is 11.0. The van der Waals surface area contributed by atoms with Gasteiger partial charge in [0.05, 0.1) is 12.3 Å². The highest BCUT2D eigenvalue weighted by Crippen LogP contribution is 2.38. The predicted molar refractivity (Wildman–Crippen MR) is 140 cm³/mol. The maximum atomic E-state index is 15.5. The topological polar surface area (TPSA) is 50.8 Å². The van der Waals surface area contributed by atoms with Crippen LogP contribution in [0.3, 0.4) is 0 Å². The van der Waals surface area contributed by atoms with Gasteiger partial charge in [-0.2, -0.15) is 5.10 Å². The number of amidine groups is 1. The van der Waals surface area contributed by atoms with Gasteiger partial charge in [0.1, 0.15) is 11.7 Å². The first-order valence-electron chi connectivity index (χ1n) is 12.2. The lowest BCUT2D eigenvalue weighted by atomic mass is 9.93. The maximum Gasteiger partial charge on any atom is 0.275 e. The molecule has 2 N–H and O–H groups in total. The first kappa shape index (κ1) is 28.0. The van der Waals surface area contributed by atoms with Gasteiger partial charge in [0.15, 0.2) is 11.6 Å². The van der Waals surface area contributed by atoms with Crippen molar-refractivity contribution in [1.82, 2.24) is 5.01 Å². The van der Waals surface area contributed by atoms with Crippen LogP contribution in [0.1, 0.15) is 50.3 Å². The van der Waals surface area contributed by atoms with E-state index in [9.17, 15) is 13.2 Å². The van der Waals surface area contributed by atoms with E-state index >= 15 is 4.39 Å². The fraction of sp³-hybridized carbons (Fsp3) is 0.345. The summed E-state index contributed by atoms with van der Waals surface area (Å²) in [4.78, 5) is 0. The van der Waals surface area contributed by atoms with Crippen molar-refractivity contribution in [3.8, 4) is 5.75 Å². The molecule has 2 atom stereocenters. The second kappa shape index (κ2) is 11.7. The molecule has 2 aromatic rings. The van der Waals surface area contributed by atoms with E-state index in [4.69, 9.17) is 10.5 Å². The molecule has 2 aromatic carbocycles. The zero-order chi connectivity index (χ0) is 27.3. The third kappa shape index (κ3) is 6.42. The van der Waals surface area contributed by atoms with Gasteiger partial charge in [0.2, 0.25) is 0 Å². The number of rotatable bonds is 10. The van der Waals surface area contributed by atoms with E-state index in [-0.39, 0.29) is 30.3 Å². The first-order valence-corrected chi connectivity index (χ1v) is 12.2. The van der Waals surface area contributed by atoms with Gasteiger partial charge < -0.3 is 10.5 Å². The molecule has 0 bridgehead atoms. The fourth-order valence-corrected chi connectivity index (χ4v) is 3.77. The zero-order valence-corrected chi connectivity index (χ0v) is 21.6. The molecule has 8 heteroatoms. The number of allylic oxidation sites excluding steroid dienone is 3. The van der Waals surface area contributed by atoms with Crippen LogP contribution in [-0.4, -0.2) is 17.5 Å². The molecule has 0 spiro atoms. The lowest BCUT2D eigenvalue weighted by Crippen LogP contribution is -2.25. The Morgan fingerprint density at radius 3 is 2.43 bits per heavy atom. The van der Waals surface area contributed by atoms with Crippen molar-refractivity contribution in [3.05, 3.63) is 95.4 Å². The molecule has 1 heterocycles. The monoisotopic (exact) mass is 515 g/mol. The molecule has 1 aliphatic rings. The van der Waals surface area contributed by atoms with E-state index < -0.39 is 23.5 Å². The van der Waals surface area contributed by atoms with E-state index in [1.807, 2.05) is 13.8 Å². The van der Waals surface area contributed by atoms with E-state index in [0.29, 0.717) is 28.2 Å². The summed E-state index contributed by atoms with van der Waals surface area (Å²) in [7, 11) is 0. The molecule has 0 aromatic heterocycles. The van der Waals surface area contributed by atoms with Crippen LogP contribution in [0.5, 0.6) is 5.75 Å². The van der Waals surface area contributed by atoms with Gasteiger partial charge in [0, 0.05) is 29.2 Å². The van der Waals surface area contributed by atoms with Crippen LogP contribution < -0.4 is 10.5 Å². The number of alkyl halides is 2. The van der Waals surface area contributed by atoms with Crippen molar-refractivity contribution in [2.24, 2.45) is 22.7 Å². The minimum absolute atomic E-state index is 0.0103. The number of nitrogens with two attached hydrogens (primary N) is 1. The van der Waals surface area contributed by atoms with Gasteiger partial charge in [0.25, 0.3) is 5.92 Å².